The number of hydrogen-bond acceptors (Lipinski definition) is 10. The Kier molecular flexibility index (Phi) is 13.5. The molecular formula is C48H57N9O6. The number of anilines is 2. The van der Waals surface area contributed by atoms with E-state index in [2.05, 4.69) is 27.9 Å². The molecule has 0 saturated carbocycles. The molecule has 2 atom stereocenters. The van der Waals surface area contributed by atoms with Crippen molar-refractivity contribution in [3.05, 3.63) is 102 Å². The minimum atomic E-state index is -0.623. The van der Waals surface area contributed by atoms with Crippen molar-refractivity contribution in [3.8, 4) is 22.8 Å². The maximum atomic E-state index is 13.2. The van der Waals surface area contributed by atoms with Crippen LogP contribution in [0.3, 0.4) is 0 Å². The highest BCUT2D eigenvalue weighted by molar-refractivity contribution is 6.06. The molecule has 0 spiro atoms. The van der Waals surface area contributed by atoms with Crippen LogP contribution in [0.5, 0.6) is 11.5 Å². The summed E-state index contributed by atoms with van der Waals surface area (Å²) in [7, 11) is 2.07. The minimum absolute atomic E-state index is 0.0366. The number of unbranched alkanes of at least 4 members (excludes halogenated alkanes) is 3. The maximum absolute atomic E-state index is 13.2. The van der Waals surface area contributed by atoms with Crippen molar-refractivity contribution >= 4 is 41.0 Å². The number of ether oxygens (including phenoxy) is 1. The Morgan fingerprint density at radius 1 is 0.921 bits per heavy atom. The molecule has 2 saturated heterocycles. The Bertz CT molecular complexity index is 2340. The molecule has 3 aromatic carbocycles. The zero-order valence-corrected chi connectivity index (χ0v) is 35.9. The monoisotopic (exact) mass is 855 g/mol. The molecule has 4 aliphatic heterocycles. The van der Waals surface area contributed by atoms with Gasteiger partial charge in [-0.3, -0.25) is 29.3 Å². The number of nitrogens with zero attached hydrogens (tertiary/aromatic N) is 5. The molecule has 4 aliphatic rings. The summed E-state index contributed by atoms with van der Waals surface area (Å²) in [5.74, 6) is 1.04. The summed E-state index contributed by atoms with van der Waals surface area (Å²) >= 11 is 0. The van der Waals surface area contributed by atoms with E-state index in [1.807, 2.05) is 82.4 Å². The second-order valence-corrected chi connectivity index (χ2v) is 17.0. The van der Waals surface area contributed by atoms with Crippen LogP contribution in [0.1, 0.15) is 90.1 Å². The van der Waals surface area contributed by atoms with Gasteiger partial charge in [0.2, 0.25) is 17.7 Å². The Balaban J connectivity index is 0.742. The fourth-order valence-electron chi connectivity index (χ4n) is 9.35. The number of para-hydroxylation sites is 1. The number of likely N-dealkylation sites (tertiary alicyclic amines) is 1. The number of nitrogens with two attached hydrogens (primary N) is 1. The van der Waals surface area contributed by atoms with Crippen LogP contribution in [0.2, 0.25) is 0 Å². The number of fused-ring (bicyclic) bond motifs is 2. The molecule has 330 valence electrons. The Morgan fingerprint density at radius 3 is 2.44 bits per heavy atom. The first-order valence-electron chi connectivity index (χ1n) is 22.3. The van der Waals surface area contributed by atoms with Gasteiger partial charge in [0.05, 0.1) is 6.04 Å². The summed E-state index contributed by atoms with van der Waals surface area (Å²) in [5.41, 5.74) is 10.1. The summed E-state index contributed by atoms with van der Waals surface area (Å²) in [5, 5.41) is 14.2. The summed E-state index contributed by atoms with van der Waals surface area (Å²) < 4.78 is 7.92. The van der Waals surface area contributed by atoms with Crippen LogP contribution in [0.25, 0.3) is 11.3 Å². The van der Waals surface area contributed by atoms with Crippen LogP contribution in [-0.2, 0) is 20.9 Å². The number of nitrogens with one attached hydrogen (secondary N) is 3. The molecule has 0 bridgehead atoms. The van der Waals surface area contributed by atoms with E-state index in [4.69, 9.17) is 15.6 Å². The molecular weight excluding hydrogens is 799 g/mol. The molecule has 5 N–H and O–H groups in total. The zero-order chi connectivity index (χ0) is 43.9. The number of imide groups is 1. The van der Waals surface area contributed by atoms with E-state index < -0.39 is 17.9 Å². The highest BCUT2D eigenvalue weighted by Gasteiger charge is 2.40. The molecule has 0 radical (unpaired) electrons. The van der Waals surface area contributed by atoms with Gasteiger partial charge in [-0.25, -0.2) is 4.68 Å². The van der Waals surface area contributed by atoms with Gasteiger partial charge < -0.3 is 35.8 Å². The third kappa shape index (κ3) is 9.93. The van der Waals surface area contributed by atoms with E-state index in [0.717, 1.165) is 80.6 Å². The lowest BCUT2D eigenvalue weighted by Crippen LogP contribution is -2.52. The molecule has 2 fully saturated rings. The van der Waals surface area contributed by atoms with Gasteiger partial charge in [-0.05, 0) is 107 Å². The van der Waals surface area contributed by atoms with Gasteiger partial charge in [0.25, 0.3) is 11.8 Å². The van der Waals surface area contributed by atoms with Crippen molar-refractivity contribution in [2.24, 2.45) is 11.7 Å². The van der Waals surface area contributed by atoms with Gasteiger partial charge in [-0.15, -0.1) is 0 Å². The molecule has 1 aromatic heterocycles. The molecule has 4 aromatic rings. The molecule has 8 rings (SSSR count). The summed E-state index contributed by atoms with van der Waals surface area (Å²) in [6, 6.07) is 22.2. The smallest absolute Gasteiger partial charge is 0.255 e. The first-order valence-corrected chi connectivity index (χ1v) is 22.3. The van der Waals surface area contributed by atoms with Crippen molar-refractivity contribution < 1.29 is 28.7 Å². The lowest BCUT2D eigenvalue weighted by Gasteiger charge is -2.38. The summed E-state index contributed by atoms with van der Waals surface area (Å²) in [4.78, 5) is 68.9. The fourth-order valence-corrected chi connectivity index (χ4v) is 9.35. The van der Waals surface area contributed by atoms with Crippen molar-refractivity contribution in [1.29, 1.82) is 0 Å². The maximum Gasteiger partial charge on any atom is 0.255 e. The zero-order valence-electron chi connectivity index (χ0n) is 35.9. The predicted octanol–water partition coefficient (Wildman–Crippen LogP) is 5.96. The van der Waals surface area contributed by atoms with Crippen molar-refractivity contribution in [2.75, 3.05) is 56.9 Å². The molecule has 15 nitrogen and oxygen atoms in total. The highest BCUT2D eigenvalue weighted by atomic mass is 16.5. The van der Waals surface area contributed by atoms with Crippen LogP contribution >= 0.6 is 0 Å². The van der Waals surface area contributed by atoms with Gasteiger partial charge in [-0.1, -0.05) is 43.2 Å². The van der Waals surface area contributed by atoms with Gasteiger partial charge >= 0.3 is 0 Å². The fraction of sp³-hybridized carbons (Fsp3) is 0.417. The van der Waals surface area contributed by atoms with E-state index in [1.54, 1.807) is 17.0 Å². The normalized spacial score (nSPS) is 18.9. The largest absolute Gasteiger partial charge is 0.457 e. The molecule has 15 heteroatoms. The van der Waals surface area contributed by atoms with E-state index in [-0.39, 0.29) is 30.2 Å². The Morgan fingerprint density at radius 2 is 1.68 bits per heavy atom. The number of amides is 5. The van der Waals surface area contributed by atoms with E-state index in [0.29, 0.717) is 73.5 Å². The van der Waals surface area contributed by atoms with E-state index in [9.17, 15) is 24.0 Å². The van der Waals surface area contributed by atoms with Crippen molar-refractivity contribution in [1.82, 2.24) is 29.8 Å². The quantitative estimate of drug-likeness (QED) is 0.0562. The number of primary amides is 1. The van der Waals surface area contributed by atoms with Gasteiger partial charge in [0.1, 0.15) is 34.6 Å². The number of carbonyl (C=O) groups excluding carboxylic acids is 5. The first-order chi connectivity index (χ1) is 30.6. The van der Waals surface area contributed by atoms with Gasteiger partial charge in [0, 0.05) is 74.1 Å². The van der Waals surface area contributed by atoms with E-state index in [1.165, 1.54) is 0 Å². The molecule has 5 amide bonds. The SMILES string of the molecule is CN(C/C=C/C(=O)N1CCC([C@@H]2CCNc3c(C(N)=O)c(-c4ccc(Oc5ccccc5)cc4)nn32)CC1)CCCCCCNc1cccc2c1CN(C1CCC(=O)NC1=O)C2=O. The van der Waals surface area contributed by atoms with Crippen molar-refractivity contribution in [2.45, 2.75) is 76.4 Å². The lowest BCUT2D eigenvalue weighted by molar-refractivity contribution is -0.137. The standard InChI is InChI=1S/C48H57N9O6/c1-54(27-8-3-2-7-25-50-38-14-9-13-36-37(38)31-56(48(36)62)40-20-21-41(58)52-47(40)61)28-10-15-42(59)55-29-23-32(24-30-55)39-22-26-51-46-43(45(49)60)44(53-57(39)46)33-16-18-35(19-17-33)63-34-11-5-4-6-12-34/h4-6,9-19,32,39-40,50-51H,2-3,7-8,20-31H2,1H3,(H2,49,60)(H,52,58,61)/b15-10+/t39-,40?/m0/s1. The predicted molar refractivity (Wildman–Crippen MR) is 240 cm³/mol. The first kappa shape index (κ1) is 43.2. The average Bonchev–Trinajstić information content (AvgIpc) is 3.85. The minimum Gasteiger partial charge on any atom is -0.457 e. The van der Waals surface area contributed by atoms with Crippen LogP contribution in [-0.4, -0.2) is 106 Å². The second kappa shape index (κ2) is 19.7. The van der Waals surface area contributed by atoms with Crippen molar-refractivity contribution in [3.63, 3.8) is 0 Å². The van der Waals surface area contributed by atoms with Crippen LogP contribution in [0, 0.1) is 5.92 Å². The third-order valence-electron chi connectivity index (χ3n) is 12.7. The summed E-state index contributed by atoms with van der Waals surface area (Å²) in [6.45, 7) is 4.81. The number of carbonyl (C=O) groups is 5. The number of rotatable bonds is 17. The second-order valence-electron chi connectivity index (χ2n) is 17.0. The molecule has 0 aliphatic carbocycles. The number of hydrogen-bond donors (Lipinski definition) is 4. The lowest BCUT2D eigenvalue weighted by atomic mass is 9.87. The molecule has 5 heterocycles. The highest BCUT2D eigenvalue weighted by Crippen LogP contribution is 2.40. The van der Waals surface area contributed by atoms with Crippen LogP contribution in [0.15, 0.2) is 84.9 Å². The van der Waals surface area contributed by atoms with Crippen LogP contribution in [0.4, 0.5) is 11.5 Å². The Labute approximate surface area is 368 Å². The average molecular weight is 856 g/mol. The van der Waals surface area contributed by atoms with Gasteiger partial charge in [0.15, 0.2) is 0 Å². The number of likely N-dealkylation sites (N-methyl/N-ethyl adjacent to an activating group) is 1. The summed E-state index contributed by atoms with van der Waals surface area (Å²) in [6.07, 6.45) is 11.0. The number of piperidine rings is 2. The molecule has 1 unspecified atom stereocenters. The van der Waals surface area contributed by atoms with Gasteiger partial charge in [-0.2, -0.15) is 5.10 Å². The van der Waals surface area contributed by atoms with Crippen LogP contribution < -0.4 is 26.4 Å². The number of benzene rings is 3. The van der Waals surface area contributed by atoms with E-state index >= 15 is 0 Å². The number of aromatic nitrogens is 2. The topological polar surface area (TPSA) is 184 Å². The molecule has 63 heavy (non-hydrogen) atoms. The third-order valence-corrected chi connectivity index (χ3v) is 12.7. The Hall–Kier alpha value is -6.48.